The van der Waals surface area contributed by atoms with Gasteiger partial charge in [0.2, 0.25) is 11.8 Å². The number of nitrogens with one attached hydrogen (secondary N) is 2. The van der Waals surface area contributed by atoms with E-state index < -0.39 is 31.6 Å². The number of aryl methyl sites for hydroxylation is 1. The number of phosphoric ester groups is 1. The number of amides is 3. The number of rotatable bonds is 13. The lowest BCUT2D eigenvalue weighted by atomic mass is 10.0. The number of hydrogen-bond donors (Lipinski definition) is 5. The minimum atomic E-state index is -4.70. The zero-order valence-electron chi connectivity index (χ0n) is 22.1. The number of primary amides is 1. The zero-order valence-corrected chi connectivity index (χ0v) is 23.0. The van der Waals surface area contributed by atoms with Crippen molar-refractivity contribution in [1.82, 2.24) is 10.6 Å². The van der Waals surface area contributed by atoms with E-state index in [2.05, 4.69) is 15.2 Å². The summed E-state index contributed by atoms with van der Waals surface area (Å²) in [6, 6.07) is 17.6. The number of carbonyl (C=O) groups is 3. The van der Waals surface area contributed by atoms with Gasteiger partial charge in [0.15, 0.2) is 0 Å². The molecule has 0 saturated heterocycles. The van der Waals surface area contributed by atoms with Crippen molar-refractivity contribution < 1.29 is 38.0 Å². The van der Waals surface area contributed by atoms with Crippen LogP contribution in [0.4, 0.5) is 0 Å². The largest absolute Gasteiger partial charge is 0.524 e. The minimum Gasteiger partial charge on any atom is -0.488 e. The van der Waals surface area contributed by atoms with Crippen molar-refractivity contribution in [3.05, 3.63) is 94.5 Å². The predicted octanol–water partition coefficient (Wildman–Crippen LogP) is 2.76. The van der Waals surface area contributed by atoms with Crippen molar-refractivity contribution in [2.45, 2.75) is 45.9 Å². The number of benzene rings is 3. The Bertz CT molecular complexity index is 1400. The molecule has 3 rings (SSSR count). The molecule has 12 heteroatoms. The van der Waals surface area contributed by atoms with Crippen LogP contribution in [0.25, 0.3) is 0 Å². The summed E-state index contributed by atoms with van der Waals surface area (Å²) in [5, 5.41) is 5.35. The monoisotopic (exact) mass is 569 g/mol. The normalized spacial score (nSPS) is 11.8. The number of hydrogen-bond acceptors (Lipinski definition) is 6. The molecule has 0 spiro atoms. The van der Waals surface area contributed by atoms with Gasteiger partial charge < -0.3 is 25.6 Å². The number of carbonyl (C=O) groups excluding carboxylic acids is 3. The van der Waals surface area contributed by atoms with Crippen LogP contribution in [0.2, 0.25) is 0 Å². The zero-order chi connectivity index (χ0) is 29.3. The van der Waals surface area contributed by atoms with Gasteiger partial charge >= 0.3 is 7.82 Å². The summed E-state index contributed by atoms with van der Waals surface area (Å²) in [5.74, 6) is -1.26. The molecule has 3 aromatic carbocycles. The third-order valence-electron chi connectivity index (χ3n) is 5.94. The van der Waals surface area contributed by atoms with Gasteiger partial charge in [-0.05, 0) is 52.9 Å². The molecule has 0 aromatic heterocycles. The maximum Gasteiger partial charge on any atom is 0.524 e. The van der Waals surface area contributed by atoms with Crippen LogP contribution in [-0.4, -0.2) is 33.6 Å². The first kappa shape index (κ1) is 30.4. The van der Waals surface area contributed by atoms with E-state index in [1.165, 1.54) is 31.2 Å². The average Bonchev–Trinajstić information content (AvgIpc) is 2.90. The second-order valence-corrected chi connectivity index (χ2v) is 10.2. The van der Waals surface area contributed by atoms with Crippen molar-refractivity contribution >= 4 is 25.5 Å². The molecule has 6 N–H and O–H groups in total. The summed E-state index contributed by atoms with van der Waals surface area (Å²) in [6.45, 7) is 3.66. The van der Waals surface area contributed by atoms with E-state index in [1.807, 2.05) is 31.2 Å². The molecular formula is C28H32N3O8P. The van der Waals surface area contributed by atoms with Crippen LogP contribution in [0.5, 0.6) is 11.5 Å². The van der Waals surface area contributed by atoms with Crippen molar-refractivity contribution in [1.29, 1.82) is 0 Å². The van der Waals surface area contributed by atoms with Gasteiger partial charge in [-0.3, -0.25) is 24.2 Å². The first-order valence-corrected chi connectivity index (χ1v) is 14.0. The predicted molar refractivity (Wildman–Crippen MR) is 147 cm³/mol. The fraction of sp³-hybridized carbons (Fsp3) is 0.250. The average molecular weight is 570 g/mol. The maximum absolute atomic E-state index is 12.9. The van der Waals surface area contributed by atoms with Crippen LogP contribution in [0.1, 0.15) is 46.5 Å². The Labute approximate surface area is 231 Å². The molecule has 212 valence electrons. The number of nitrogens with two attached hydrogens (primary N) is 1. The number of ether oxygens (including phenoxy) is 1. The highest BCUT2D eigenvalue weighted by atomic mass is 31.2. The van der Waals surface area contributed by atoms with E-state index in [-0.39, 0.29) is 30.9 Å². The van der Waals surface area contributed by atoms with Crippen LogP contribution in [0.15, 0.2) is 66.7 Å². The lowest BCUT2D eigenvalue weighted by Crippen LogP contribution is -2.47. The van der Waals surface area contributed by atoms with E-state index in [1.54, 1.807) is 18.2 Å². The van der Waals surface area contributed by atoms with E-state index in [0.29, 0.717) is 16.9 Å². The van der Waals surface area contributed by atoms with E-state index in [0.717, 1.165) is 17.5 Å². The van der Waals surface area contributed by atoms with Gasteiger partial charge in [-0.1, -0.05) is 49.4 Å². The lowest BCUT2D eigenvalue weighted by Gasteiger charge is -2.18. The lowest BCUT2D eigenvalue weighted by molar-refractivity contribution is -0.128. The van der Waals surface area contributed by atoms with Crippen LogP contribution in [-0.2, 0) is 40.1 Å². The summed E-state index contributed by atoms with van der Waals surface area (Å²) in [4.78, 5) is 54.7. The SMILES string of the molecule is CCc1ccccc1COc1ccc(CNC(=O)[C@H](Cc2ccc(OP(=O)(O)O)cc2)NC(C)=O)cc1C(N)=O. The molecular weight excluding hydrogens is 537 g/mol. The molecule has 40 heavy (non-hydrogen) atoms. The standard InChI is InChI=1S/C28H32N3O8P/c1-3-21-6-4-5-7-22(21)17-38-26-13-10-20(14-24(26)27(29)33)16-30-28(34)25(31-18(2)32)15-19-8-11-23(12-9-19)39-40(35,36)37/h4-14,25H,3,15-17H2,1-2H3,(H2,29,33)(H,30,34)(H,31,32)(H2,35,36,37)/t25-/m0/s1. The summed E-state index contributed by atoms with van der Waals surface area (Å²) in [7, 11) is -4.70. The molecule has 0 aliphatic heterocycles. The third kappa shape index (κ3) is 9.23. The Morgan fingerprint density at radius 3 is 2.23 bits per heavy atom. The molecule has 3 aromatic rings. The molecule has 0 fully saturated rings. The van der Waals surface area contributed by atoms with Crippen molar-refractivity contribution in [3.8, 4) is 11.5 Å². The highest BCUT2D eigenvalue weighted by molar-refractivity contribution is 7.46. The first-order valence-electron chi connectivity index (χ1n) is 12.5. The van der Waals surface area contributed by atoms with Crippen molar-refractivity contribution in [3.63, 3.8) is 0 Å². The van der Waals surface area contributed by atoms with Crippen LogP contribution >= 0.6 is 7.82 Å². The smallest absolute Gasteiger partial charge is 0.488 e. The number of phosphoric acid groups is 1. The topological polar surface area (TPSA) is 177 Å². The first-order chi connectivity index (χ1) is 18.9. The summed E-state index contributed by atoms with van der Waals surface area (Å²) >= 11 is 0. The Morgan fingerprint density at radius 1 is 0.975 bits per heavy atom. The van der Waals surface area contributed by atoms with Gasteiger partial charge in [-0.15, -0.1) is 0 Å². The Balaban J connectivity index is 1.67. The van der Waals surface area contributed by atoms with Crippen molar-refractivity contribution in [2.24, 2.45) is 5.73 Å². The van der Waals surface area contributed by atoms with Crippen LogP contribution in [0.3, 0.4) is 0 Å². The van der Waals surface area contributed by atoms with E-state index in [9.17, 15) is 18.9 Å². The molecule has 0 heterocycles. The molecule has 3 amide bonds. The van der Waals surface area contributed by atoms with E-state index >= 15 is 0 Å². The third-order valence-corrected chi connectivity index (χ3v) is 6.39. The highest BCUT2D eigenvalue weighted by Crippen LogP contribution is 2.37. The molecule has 0 unspecified atom stereocenters. The van der Waals surface area contributed by atoms with Gasteiger partial charge in [-0.25, -0.2) is 4.57 Å². The second kappa shape index (κ2) is 13.7. The highest BCUT2D eigenvalue weighted by Gasteiger charge is 2.21. The van der Waals surface area contributed by atoms with Gasteiger partial charge in [0.05, 0.1) is 5.56 Å². The van der Waals surface area contributed by atoms with Crippen LogP contribution < -0.4 is 25.6 Å². The summed E-state index contributed by atoms with van der Waals surface area (Å²) < 4.78 is 21.4. The molecule has 0 aliphatic rings. The molecule has 11 nitrogen and oxygen atoms in total. The van der Waals surface area contributed by atoms with Gasteiger partial charge in [0.25, 0.3) is 5.91 Å². The molecule has 0 aliphatic carbocycles. The summed E-state index contributed by atoms with van der Waals surface area (Å²) in [6.07, 6.45) is 0.955. The van der Waals surface area contributed by atoms with Crippen molar-refractivity contribution in [2.75, 3.05) is 0 Å². The fourth-order valence-electron chi connectivity index (χ4n) is 4.03. The minimum absolute atomic E-state index is 0.0372. The molecule has 1 atom stereocenters. The Morgan fingerprint density at radius 2 is 1.62 bits per heavy atom. The maximum atomic E-state index is 12.9. The fourth-order valence-corrected chi connectivity index (χ4v) is 4.43. The Hall–Kier alpha value is -4.18. The van der Waals surface area contributed by atoms with Gasteiger partial charge in [0, 0.05) is 19.9 Å². The van der Waals surface area contributed by atoms with Gasteiger partial charge in [-0.2, -0.15) is 0 Å². The Kier molecular flexibility index (Phi) is 10.4. The second-order valence-electron chi connectivity index (χ2n) is 9.01. The molecule has 0 radical (unpaired) electrons. The van der Waals surface area contributed by atoms with E-state index in [4.69, 9.17) is 20.3 Å². The van der Waals surface area contributed by atoms with Crippen LogP contribution in [0, 0.1) is 0 Å². The molecule has 0 bridgehead atoms. The molecule has 0 saturated carbocycles. The summed E-state index contributed by atoms with van der Waals surface area (Å²) in [5.41, 5.74) is 9.13. The quantitative estimate of drug-likeness (QED) is 0.195. The van der Waals surface area contributed by atoms with Gasteiger partial charge in [0.1, 0.15) is 24.1 Å².